The molecule has 1 unspecified atom stereocenters. The highest BCUT2D eigenvalue weighted by molar-refractivity contribution is 7.10. The fraction of sp³-hybridized carbons (Fsp3) is 0.263. The molecule has 0 spiro atoms. The second-order valence-electron chi connectivity index (χ2n) is 5.98. The van der Waals surface area contributed by atoms with Crippen molar-refractivity contribution in [2.75, 3.05) is 0 Å². The minimum Gasteiger partial charge on any atom is -0.348 e. The lowest BCUT2D eigenvalue weighted by Crippen LogP contribution is -2.31. The van der Waals surface area contributed by atoms with Gasteiger partial charge in [0.05, 0.1) is 18.7 Å². The van der Waals surface area contributed by atoms with Crippen molar-refractivity contribution in [3.05, 3.63) is 75.7 Å². The monoisotopic (exact) mass is 339 g/mol. The van der Waals surface area contributed by atoms with E-state index in [1.54, 1.807) is 22.2 Å². The summed E-state index contributed by atoms with van der Waals surface area (Å²) in [6, 6.07) is 12.4. The molecule has 0 fully saturated rings. The Morgan fingerprint density at radius 2 is 2.04 bits per heavy atom. The summed E-state index contributed by atoms with van der Waals surface area (Å²) >= 11 is 1.70. The molecule has 1 N–H and O–H groups in total. The molecule has 0 saturated carbocycles. The zero-order valence-corrected chi connectivity index (χ0v) is 14.7. The average molecular weight is 339 g/mol. The van der Waals surface area contributed by atoms with Crippen molar-refractivity contribution in [3.63, 3.8) is 0 Å². The maximum absolute atomic E-state index is 12.5. The van der Waals surface area contributed by atoms with Gasteiger partial charge in [0, 0.05) is 18.1 Å². The highest BCUT2D eigenvalue weighted by atomic mass is 32.1. The quantitative estimate of drug-likeness (QED) is 0.748. The molecule has 0 aliphatic heterocycles. The van der Waals surface area contributed by atoms with Crippen LogP contribution in [0, 0.1) is 6.92 Å². The number of nitrogens with zero attached hydrogens (tertiary/aromatic N) is 2. The van der Waals surface area contributed by atoms with Gasteiger partial charge in [-0.1, -0.05) is 30.3 Å². The van der Waals surface area contributed by atoms with E-state index in [0.717, 1.165) is 12.0 Å². The van der Waals surface area contributed by atoms with Crippen LogP contribution < -0.4 is 5.32 Å². The third-order valence-electron chi connectivity index (χ3n) is 3.96. The molecular formula is C19H21N3OS. The maximum atomic E-state index is 12.5. The number of thiophene rings is 1. The van der Waals surface area contributed by atoms with Crippen molar-refractivity contribution in [2.24, 2.45) is 7.05 Å². The molecule has 5 heteroatoms. The van der Waals surface area contributed by atoms with Gasteiger partial charge in [-0.3, -0.25) is 9.48 Å². The molecule has 0 aliphatic carbocycles. The highest BCUT2D eigenvalue weighted by Crippen LogP contribution is 2.27. The first-order chi connectivity index (χ1) is 11.6. The van der Waals surface area contributed by atoms with Gasteiger partial charge in [0.25, 0.3) is 0 Å². The molecule has 0 aliphatic rings. The van der Waals surface area contributed by atoms with Gasteiger partial charge in [-0.15, -0.1) is 11.3 Å². The Morgan fingerprint density at radius 1 is 1.25 bits per heavy atom. The first-order valence-electron chi connectivity index (χ1n) is 7.96. The highest BCUT2D eigenvalue weighted by Gasteiger charge is 2.19. The van der Waals surface area contributed by atoms with E-state index in [0.29, 0.717) is 6.42 Å². The van der Waals surface area contributed by atoms with Crippen molar-refractivity contribution in [2.45, 2.75) is 25.8 Å². The number of aryl methyl sites for hydroxylation is 2. The van der Waals surface area contributed by atoms with Gasteiger partial charge in [0.15, 0.2) is 0 Å². The number of aromatic nitrogens is 2. The summed E-state index contributed by atoms with van der Waals surface area (Å²) in [5.74, 6) is 0.0248. The fourth-order valence-corrected chi connectivity index (χ4v) is 3.77. The molecule has 24 heavy (non-hydrogen) atoms. The van der Waals surface area contributed by atoms with E-state index in [-0.39, 0.29) is 11.9 Å². The second-order valence-corrected chi connectivity index (χ2v) is 6.92. The Hall–Kier alpha value is -2.40. The van der Waals surface area contributed by atoms with Crippen molar-refractivity contribution in [1.82, 2.24) is 15.1 Å². The van der Waals surface area contributed by atoms with Crippen LogP contribution in [0.4, 0.5) is 0 Å². The minimum atomic E-state index is -0.00317. The molecule has 1 aromatic carbocycles. The van der Waals surface area contributed by atoms with E-state index in [1.807, 2.05) is 31.4 Å². The molecule has 124 valence electrons. The number of hydrogen-bond donors (Lipinski definition) is 1. The topological polar surface area (TPSA) is 46.9 Å². The number of carbonyl (C=O) groups is 1. The Labute approximate surface area is 146 Å². The number of amides is 1. The number of benzene rings is 1. The Kier molecular flexibility index (Phi) is 5.11. The van der Waals surface area contributed by atoms with Crippen LogP contribution >= 0.6 is 11.3 Å². The molecule has 3 rings (SSSR count). The predicted octanol–water partition coefficient (Wildman–Crippen LogP) is 3.43. The van der Waals surface area contributed by atoms with E-state index in [1.165, 1.54) is 16.0 Å². The molecular weight excluding hydrogens is 318 g/mol. The lowest BCUT2D eigenvalue weighted by molar-refractivity contribution is -0.121. The summed E-state index contributed by atoms with van der Waals surface area (Å²) in [6.45, 7) is 2.09. The summed E-state index contributed by atoms with van der Waals surface area (Å²) in [6.07, 6.45) is 4.76. The summed E-state index contributed by atoms with van der Waals surface area (Å²) in [7, 11) is 1.86. The molecule has 3 aromatic rings. The Bertz CT molecular complexity index is 807. The molecule has 1 atom stereocenters. The van der Waals surface area contributed by atoms with Gasteiger partial charge in [-0.2, -0.15) is 5.10 Å². The Morgan fingerprint density at radius 3 is 2.67 bits per heavy atom. The van der Waals surface area contributed by atoms with E-state index >= 15 is 0 Å². The second kappa shape index (κ2) is 7.45. The number of hydrogen-bond acceptors (Lipinski definition) is 3. The van der Waals surface area contributed by atoms with Crippen LogP contribution in [0.15, 0.2) is 54.2 Å². The normalized spacial score (nSPS) is 12.1. The van der Waals surface area contributed by atoms with Crippen LogP contribution in [0.2, 0.25) is 0 Å². The molecule has 0 saturated heterocycles. The number of rotatable bonds is 6. The maximum Gasteiger partial charge on any atom is 0.225 e. The number of nitrogens with one attached hydrogen (secondary N) is 1. The summed E-state index contributed by atoms with van der Waals surface area (Å²) in [5.41, 5.74) is 3.37. The van der Waals surface area contributed by atoms with Gasteiger partial charge in [-0.05, 0) is 41.5 Å². The van der Waals surface area contributed by atoms with Crippen LogP contribution in [0.5, 0.6) is 0 Å². The number of carbonyl (C=O) groups excluding carboxylic acids is 1. The van der Waals surface area contributed by atoms with Gasteiger partial charge in [0.1, 0.15) is 0 Å². The molecule has 1 amide bonds. The summed E-state index contributed by atoms with van der Waals surface area (Å²) in [4.78, 5) is 13.7. The predicted molar refractivity (Wildman–Crippen MR) is 97.0 cm³/mol. The summed E-state index contributed by atoms with van der Waals surface area (Å²) in [5, 5.41) is 9.40. The first kappa shape index (κ1) is 16.5. The zero-order chi connectivity index (χ0) is 16.9. The summed E-state index contributed by atoms with van der Waals surface area (Å²) < 4.78 is 1.72. The standard InChI is InChI=1S/C19H21N3OS/c1-14-8-9-24-19(14)17(10-15-6-4-3-5-7-15)21-18(23)11-16-12-20-22(2)13-16/h3-9,12-13,17H,10-11H2,1-2H3,(H,21,23). The van der Waals surface area contributed by atoms with Crippen LogP contribution in [-0.4, -0.2) is 15.7 Å². The molecule has 2 heterocycles. The van der Waals surface area contributed by atoms with E-state index in [4.69, 9.17) is 0 Å². The van der Waals surface area contributed by atoms with E-state index in [2.05, 4.69) is 40.9 Å². The van der Waals surface area contributed by atoms with Crippen molar-refractivity contribution >= 4 is 17.2 Å². The zero-order valence-electron chi connectivity index (χ0n) is 13.9. The third-order valence-corrected chi connectivity index (χ3v) is 5.09. The Balaban J connectivity index is 1.74. The van der Waals surface area contributed by atoms with Gasteiger partial charge < -0.3 is 5.32 Å². The molecule has 0 bridgehead atoms. The van der Waals surface area contributed by atoms with E-state index < -0.39 is 0 Å². The first-order valence-corrected chi connectivity index (χ1v) is 8.84. The van der Waals surface area contributed by atoms with Gasteiger partial charge >= 0.3 is 0 Å². The van der Waals surface area contributed by atoms with Gasteiger partial charge in [-0.25, -0.2) is 0 Å². The molecule has 0 radical (unpaired) electrons. The molecule has 4 nitrogen and oxygen atoms in total. The SMILES string of the molecule is Cc1ccsc1C(Cc1ccccc1)NC(=O)Cc1cnn(C)c1. The van der Waals surface area contributed by atoms with Crippen molar-refractivity contribution < 1.29 is 4.79 Å². The smallest absolute Gasteiger partial charge is 0.225 e. The average Bonchev–Trinajstić information content (AvgIpc) is 3.16. The van der Waals surface area contributed by atoms with E-state index in [9.17, 15) is 4.79 Å². The van der Waals surface area contributed by atoms with Crippen LogP contribution in [0.3, 0.4) is 0 Å². The van der Waals surface area contributed by atoms with Crippen LogP contribution in [0.25, 0.3) is 0 Å². The minimum absolute atomic E-state index is 0.00317. The largest absolute Gasteiger partial charge is 0.348 e. The van der Waals surface area contributed by atoms with Crippen LogP contribution in [-0.2, 0) is 24.7 Å². The van der Waals surface area contributed by atoms with Crippen molar-refractivity contribution in [1.29, 1.82) is 0 Å². The van der Waals surface area contributed by atoms with Crippen LogP contribution in [0.1, 0.15) is 27.6 Å². The fourth-order valence-electron chi connectivity index (χ4n) is 2.79. The van der Waals surface area contributed by atoms with Gasteiger partial charge in [0.2, 0.25) is 5.91 Å². The van der Waals surface area contributed by atoms with Crippen molar-refractivity contribution in [3.8, 4) is 0 Å². The third kappa shape index (κ3) is 4.11. The lowest BCUT2D eigenvalue weighted by atomic mass is 10.0. The lowest BCUT2D eigenvalue weighted by Gasteiger charge is -2.19. The molecule has 2 aromatic heterocycles.